The van der Waals surface area contributed by atoms with E-state index >= 15 is 0 Å². The van der Waals surface area contributed by atoms with Gasteiger partial charge in [0.1, 0.15) is 0 Å². The van der Waals surface area contributed by atoms with Crippen molar-refractivity contribution in [3.05, 3.63) is 125 Å². The maximum Gasteiger partial charge on any atom is 0.224 e. The lowest BCUT2D eigenvalue weighted by Gasteiger charge is -2.35. The molecule has 6 nitrogen and oxygen atoms in total. The number of aryl methyl sites for hydroxylation is 1. The van der Waals surface area contributed by atoms with Gasteiger partial charge in [0, 0.05) is 25.6 Å². The van der Waals surface area contributed by atoms with E-state index in [1.165, 1.54) is 16.7 Å². The Balaban J connectivity index is 1.23. The highest BCUT2D eigenvalue weighted by molar-refractivity contribution is 5.79. The predicted molar refractivity (Wildman–Crippen MR) is 158 cm³/mol. The van der Waals surface area contributed by atoms with Crippen LogP contribution in [0, 0.1) is 24.2 Å². The first-order valence-corrected chi connectivity index (χ1v) is 14.1. The van der Waals surface area contributed by atoms with Crippen molar-refractivity contribution >= 4 is 5.91 Å². The summed E-state index contributed by atoms with van der Waals surface area (Å²) in [6.45, 7) is 7.46. The number of piperidine rings is 1. The fraction of sp³-hybridized carbons (Fsp3) is 0.324. The van der Waals surface area contributed by atoms with Crippen molar-refractivity contribution in [1.29, 1.82) is 5.26 Å². The van der Waals surface area contributed by atoms with Crippen LogP contribution in [-0.2, 0) is 11.3 Å². The van der Waals surface area contributed by atoms with E-state index in [0.29, 0.717) is 12.1 Å². The number of nitrogens with zero attached hydrogens (tertiary/aromatic N) is 4. The number of carbonyl (C=O) groups is 1. The van der Waals surface area contributed by atoms with E-state index in [2.05, 4.69) is 87.4 Å². The second-order valence-corrected chi connectivity index (χ2v) is 11.0. The maximum absolute atomic E-state index is 13.5. The van der Waals surface area contributed by atoms with E-state index in [9.17, 15) is 4.79 Å². The van der Waals surface area contributed by atoms with Gasteiger partial charge in [-0.15, -0.1) is 0 Å². The Morgan fingerprint density at radius 2 is 1.85 bits per heavy atom. The van der Waals surface area contributed by atoms with Gasteiger partial charge < -0.3 is 14.8 Å². The molecule has 0 spiro atoms. The third-order valence-electron chi connectivity index (χ3n) is 7.95. The predicted octanol–water partition coefficient (Wildman–Crippen LogP) is 5.83. The number of nitriles is 1. The number of rotatable bonds is 9. The molecular formula is C34H37N5O. The molecule has 0 bridgehead atoms. The minimum Gasteiger partial charge on any atom is -0.348 e. The fourth-order valence-electron chi connectivity index (χ4n) is 5.78. The largest absolute Gasteiger partial charge is 0.348 e. The SMILES string of the molecule is Cc1cccc(C(CN2CCCC(C(=O)N[C@@H](C)c3cncn3Cc3ccc(C#N)cc3)C2)c2ccccc2)c1. The van der Waals surface area contributed by atoms with Gasteiger partial charge in [-0.05, 0) is 62.1 Å². The molecule has 6 heteroatoms. The second kappa shape index (κ2) is 12.8. The second-order valence-electron chi connectivity index (χ2n) is 11.0. The highest BCUT2D eigenvalue weighted by Crippen LogP contribution is 2.29. The molecule has 1 amide bonds. The third kappa shape index (κ3) is 6.67. The van der Waals surface area contributed by atoms with Crippen molar-refractivity contribution in [3.63, 3.8) is 0 Å². The molecule has 1 aliphatic rings. The summed E-state index contributed by atoms with van der Waals surface area (Å²) in [6.07, 6.45) is 5.54. The van der Waals surface area contributed by atoms with Crippen LogP contribution in [0.2, 0.25) is 0 Å². The third-order valence-corrected chi connectivity index (χ3v) is 7.95. The minimum atomic E-state index is -0.159. The number of nitrogens with one attached hydrogen (secondary N) is 1. The average Bonchev–Trinajstić information content (AvgIpc) is 3.45. The van der Waals surface area contributed by atoms with Crippen LogP contribution in [0.5, 0.6) is 0 Å². The number of imidazole rings is 1. The topological polar surface area (TPSA) is 74.0 Å². The molecule has 1 aromatic heterocycles. The molecule has 1 saturated heterocycles. The van der Waals surface area contributed by atoms with Gasteiger partial charge in [-0.2, -0.15) is 5.26 Å². The zero-order chi connectivity index (χ0) is 27.9. The van der Waals surface area contributed by atoms with E-state index in [1.807, 2.05) is 37.4 Å². The first kappa shape index (κ1) is 27.4. The summed E-state index contributed by atoms with van der Waals surface area (Å²) < 4.78 is 2.06. The average molecular weight is 532 g/mol. The van der Waals surface area contributed by atoms with Crippen LogP contribution >= 0.6 is 0 Å². The summed E-state index contributed by atoms with van der Waals surface area (Å²) in [5.41, 5.74) is 6.59. The number of aromatic nitrogens is 2. The van der Waals surface area contributed by atoms with Gasteiger partial charge in [0.05, 0.1) is 41.8 Å². The number of hydrogen-bond acceptors (Lipinski definition) is 4. The van der Waals surface area contributed by atoms with Gasteiger partial charge in [-0.25, -0.2) is 4.98 Å². The van der Waals surface area contributed by atoms with Crippen molar-refractivity contribution in [2.75, 3.05) is 19.6 Å². The maximum atomic E-state index is 13.5. The number of benzene rings is 3. The molecule has 2 unspecified atom stereocenters. The number of amides is 1. The number of likely N-dealkylation sites (tertiary alicyclic amines) is 1. The summed E-state index contributed by atoms with van der Waals surface area (Å²) in [6, 6.07) is 29.1. The Labute approximate surface area is 237 Å². The Kier molecular flexibility index (Phi) is 8.73. The normalized spacial score (nSPS) is 17.1. The van der Waals surface area contributed by atoms with Crippen molar-refractivity contribution in [1.82, 2.24) is 19.8 Å². The lowest BCUT2D eigenvalue weighted by molar-refractivity contribution is -0.127. The summed E-state index contributed by atoms with van der Waals surface area (Å²) in [5, 5.41) is 12.3. The lowest BCUT2D eigenvalue weighted by Crippen LogP contribution is -2.45. The lowest BCUT2D eigenvalue weighted by atomic mass is 9.88. The monoisotopic (exact) mass is 531 g/mol. The molecule has 0 saturated carbocycles. The van der Waals surface area contributed by atoms with E-state index < -0.39 is 0 Å². The molecule has 0 radical (unpaired) electrons. The molecule has 204 valence electrons. The quantitative estimate of drug-likeness (QED) is 0.295. The molecule has 2 heterocycles. The highest BCUT2D eigenvalue weighted by Gasteiger charge is 2.29. The van der Waals surface area contributed by atoms with Gasteiger partial charge in [0.2, 0.25) is 5.91 Å². The van der Waals surface area contributed by atoms with Crippen LogP contribution in [0.25, 0.3) is 0 Å². The van der Waals surface area contributed by atoms with Crippen molar-refractivity contribution in [2.24, 2.45) is 5.92 Å². The fourth-order valence-corrected chi connectivity index (χ4v) is 5.78. The molecule has 1 N–H and O–H groups in total. The van der Waals surface area contributed by atoms with Crippen LogP contribution < -0.4 is 5.32 Å². The Hall–Kier alpha value is -4.21. The zero-order valence-corrected chi connectivity index (χ0v) is 23.3. The van der Waals surface area contributed by atoms with Crippen molar-refractivity contribution in [2.45, 2.75) is 45.2 Å². The molecule has 0 aliphatic carbocycles. The van der Waals surface area contributed by atoms with Crippen LogP contribution in [0.15, 0.2) is 91.4 Å². The molecule has 3 aromatic carbocycles. The minimum absolute atomic E-state index is 0.0416. The van der Waals surface area contributed by atoms with Gasteiger partial charge in [0.25, 0.3) is 0 Å². The van der Waals surface area contributed by atoms with E-state index in [0.717, 1.165) is 43.7 Å². The smallest absolute Gasteiger partial charge is 0.224 e. The Morgan fingerprint density at radius 1 is 1.07 bits per heavy atom. The first-order valence-electron chi connectivity index (χ1n) is 14.1. The Bertz CT molecular complexity index is 1450. The summed E-state index contributed by atoms with van der Waals surface area (Å²) in [7, 11) is 0. The van der Waals surface area contributed by atoms with Crippen LogP contribution in [0.3, 0.4) is 0 Å². The Morgan fingerprint density at radius 3 is 2.60 bits per heavy atom. The molecule has 40 heavy (non-hydrogen) atoms. The van der Waals surface area contributed by atoms with Crippen molar-refractivity contribution < 1.29 is 4.79 Å². The van der Waals surface area contributed by atoms with E-state index in [1.54, 1.807) is 6.33 Å². The van der Waals surface area contributed by atoms with Crippen LogP contribution in [0.1, 0.15) is 65.2 Å². The number of carbonyl (C=O) groups excluding carboxylic acids is 1. The molecule has 4 aromatic rings. The van der Waals surface area contributed by atoms with Gasteiger partial charge in [-0.1, -0.05) is 72.3 Å². The van der Waals surface area contributed by atoms with Gasteiger partial charge in [-0.3, -0.25) is 4.79 Å². The zero-order valence-electron chi connectivity index (χ0n) is 23.3. The summed E-state index contributed by atoms with van der Waals surface area (Å²) >= 11 is 0. The van der Waals surface area contributed by atoms with E-state index in [-0.39, 0.29) is 23.8 Å². The highest BCUT2D eigenvalue weighted by atomic mass is 16.2. The molecular weight excluding hydrogens is 494 g/mol. The number of hydrogen-bond donors (Lipinski definition) is 1. The molecule has 1 fully saturated rings. The summed E-state index contributed by atoms with van der Waals surface area (Å²) in [5.74, 6) is 0.327. The summed E-state index contributed by atoms with van der Waals surface area (Å²) in [4.78, 5) is 20.3. The van der Waals surface area contributed by atoms with Gasteiger partial charge in [0.15, 0.2) is 0 Å². The molecule has 5 rings (SSSR count). The molecule has 1 aliphatic heterocycles. The van der Waals surface area contributed by atoms with Crippen LogP contribution in [0.4, 0.5) is 0 Å². The van der Waals surface area contributed by atoms with Crippen molar-refractivity contribution in [3.8, 4) is 6.07 Å². The van der Waals surface area contributed by atoms with Gasteiger partial charge >= 0.3 is 0 Å². The standard InChI is InChI=1S/C34H37N5O/c1-25-8-6-11-30(18-25)32(29-9-4-3-5-10-29)23-38-17-7-12-31(22-38)34(40)37-26(2)33-20-36-24-39(33)21-28-15-13-27(19-35)14-16-28/h3-6,8-11,13-16,18,20,24,26,31-32H,7,12,17,21-23H2,1-2H3,(H,37,40)/t26-,31?,32?/m0/s1. The first-order chi connectivity index (χ1) is 19.5. The molecule has 3 atom stereocenters. The van der Waals surface area contributed by atoms with E-state index in [4.69, 9.17) is 5.26 Å². The van der Waals surface area contributed by atoms with Crippen LogP contribution in [-0.4, -0.2) is 40.0 Å².